The highest BCUT2D eigenvalue weighted by Crippen LogP contribution is 2.30. The van der Waals surface area contributed by atoms with Crippen LogP contribution in [0.4, 0.5) is 0 Å². The van der Waals surface area contributed by atoms with E-state index in [1.807, 2.05) is 30.3 Å². The van der Waals surface area contributed by atoms with Gasteiger partial charge in [-0.3, -0.25) is 4.79 Å². The molecule has 0 fully saturated rings. The molecule has 0 spiro atoms. The Kier molecular flexibility index (Phi) is 6.41. The predicted molar refractivity (Wildman–Crippen MR) is 105 cm³/mol. The van der Waals surface area contributed by atoms with Crippen LogP contribution in [0.15, 0.2) is 72.8 Å². The second-order valence-electron chi connectivity index (χ2n) is 5.99. The van der Waals surface area contributed by atoms with Crippen molar-refractivity contribution in [1.29, 1.82) is 0 Å². The Labute approximate surface area is 163 Å². The molecule has 0 saturated heterocycles. The van der Waals surface area contributed by atoms with Crippen LogP contribution in [0, 0.1) is 0 Å². The van der Waals surface area contributed by atoms with Crippen LogP contribution >= 0.6 is 0 Å². The van der Waals surface area contributed by atoms with Crippen LogP contribution in [0.5, 0.6) is 17.2 Å². The smallest absolute Gasteiger partial charge is 0.343 e. The molecule has 3 rings (SSSR count). The molecule has 0 aliphatic carbocycles. The fraction of sp³-hybridized carbons (Fsp3) is 0.130. The van der Waals surface area contributed by atoms with Gasteiger partial charge in [0.05, 0.1) is 24.8 Å². The maximum atomic E-state index is 12.4. The lowest BCUT2D eigenvalue weighted by atomic mass is 10.2. The Morgan fingerprint density at radius 2 is 1.68 bits per heavy atom. The topological polar surface area (TPSA) is 61.8 Å². The SMILES string of the molecule is COc1cccc(C=O)c1OC(=O)c1ccc(OCCc2ccccc2)cc1. The third kappa shape index (κ3) is 4.76. The van der Waals surface area contributed by atoms with E-state index in [2.05, 4.69) is 0 Å². The van der Waals surface area contributed by atoms with Gasteiger partial charge in [-0.15, -0.1) is 0 Å². The number of esters is 1. The molecule has 0 aliphatic heterocycles. The first-order valence-corrected chi connectivity index (χ1v) is 8.82. The zero-order chi connectivity index (χ0) is 19.8. The van der Waals surface area contributed by atoms with Crippen molar-refractivity contribution in [3.05, 3.63) is 89.5 Å². The van der Waals surface area contributed by atoms with Gasteiger partial charge in [0, 0.05) is 6.42 Å². The van der Waals surface area contributed by atoms with E-state index in [-0.39, 0.29) is 11.3 Å². The Hall–Kier alpha value is -3.60. The van der Waals surface area contributed by atoms with E-state index < -0.39 is 5.97 Å². The average molecular weight is 376 g/mol. The van der Waals surface area contributed by atoms with Crippen molar-refractivity contribution in [3.63, 3.8) is 0 Å². The van der Waals surface area contributed by atoms with Gasteiger partial charge in [-0.2, -0.15) is 0 Å². The molecule has 0 heterocycles. The molecule has 5 heteroatoms. The largest absolute Gasteiger partial charge is 0.493 e. The minimum Gasteiger partial charge on any atom is -0.493 e. The highest BCUT2D eigenvalue weighted by atomic mass is 16.6. The third-order valence-electron chi connectivity index (χ3n) is 4.14. The molecule has 0 aromatic heterocycles. The number of benzene rings is 3. The first kappa shape index (κ1) is 19.2. The minimum absolute atomic E-state index is 0.105. The van der Waals surface area contributed by atoms with Crippen LogP contribution in [-0.4, -0.2) is 26.0 Å². The van der Waals surface area contributed by atoms with E-state index in [1.54, 1.807) is 42.5 Å². The van der Waals surface area contributed by atoms with Crippen molar-refractivity contribution in [2.24, 2.45) is 0 Å². The molecule has 0 radical (unpaired) electrons. The van der Waals surface area contributed by atoms with E-state index in [0.29, 0.717) is 30.0 Å². The van der Waals surface area contributed by atoms with Crippen molar-refractivity contribution in [2.75, 3.05) is 13.7 Å². The molecule has 0 saturated carbocycles. The van der Waals surface area contributed by atoms with E-state index in [9.17, 15) is 9.59 Å². The van der Waals surface area contributed by atoms with Gasteiger partial charge in [0.2, 0.25) is 0 Å². The Bertz CT molecular complexity index is 933. The average Bonchev–Trinajstić information content (AvgIpc) is 2.75. The predicted octanol–water partition coefficient (Wildman–Crippen LogP) is 4.35. The lowest BCUT2D eigenvalue weighted by Crippen LogP contribution is -2.11. The second-order valence-corrected chi connectivity index (χ2v) is 5.99. The summed E-state index contributed by atoms with van der Waals surface area (Å²) in [4.78, 5) is 23.6. The standard InChI is InChI=1S/C23H20O5/c1-26-21-9-5-8-19(16-24)22(21)28-23(25)18-10-12-20(13-11-18)27-15-14-17-6-3-2-4-7-17/h2-13,16H,14-15H2,1H3. The van der Waals surface area contributed by atoms with Crippen LogP contribution in [0.3, 0.4) is 0 Å². The molecule has 0 bridgehead atoms. The van der Waals surface area contributed by atoms with Gasteiger partial charge in [-0.1, -0.05) is 36.4 Å². The van der Waals surface area contributed by atoms with Crippen molar-refractivity contribution in [1.82, 2.24) is 0 Å². The van der Waals surface area contributed by atoms with Gasteiger partial charge in [0.15, 0.2) is 17.8 Å². The lowest BCUT2D eigenvalue weighted by Gasteiger charge is -2.11. The second kappa shape index (κ2) is 9.37. The Balaban J connectivity index is 1.62. The molecule has 0 aliphatic rings. The maximum Gasteiger partial charge on any atom is 0.343 e. The molecule has 142 valence electrons. The number of hydrogen-bond donors (Lipinski definition) is 0. The van der Waals surface area contributed by atoms with E-state index >= 15 is 0 Å². The Morgan fingerprint density at radius 1 is 0.929 bits per heavy atom. The number of para-hydroxylation sites is 1. The number of hydrogen-bond acceptors (Lipinski definition) is 5. The zero-order valence-corrected chi connectivity index (χ0v) is 15.5. The van der Waals surface area contributed by atoms with Gasteiger partial charge < -0.3 is 14.2 Å². The van der Waals surface area contributed by atoms with E-state index in [1.165, 1.54) is 12.7 Å². The molecule has 0 unspecified atom stereocenters. The molecule has 0 amide bonds. The number of aldehydes is 1. The van der Waals surface area contributed by atoms with Crippen molar-refractivity contribution < 1.29 is 23.8 Å². The molecule has 0 atom stereocenters. The molecule has 3 aromatic carbocycles. The van der Waals surface area contributed by atoms with Gasteiger partial charge in [0.1, 0.15) is 5.75 Å². The highest BCUT2D eigenvalue weighted by molar-refractivity contribution is 5.93. The number of methoxy groups -OCH3 is 1. The number of ether oxygens (including phenoxy) is 3. The van der Waals surface area contributed by atoms with Crippen molar-refractivity contribution in [2.45, 2.75) is 6.42 Å². The summed E-state index contributed by atoms with van der Waals surface area (Å²) in [7, 11) is 1.45. The number of carbonyl (C=O) groups excluding carboxylic acids is 2. The summed E-state index contributed by atoms with van der Waals surface area (Å²) in [6, 6.07) is 21.6. The number of rotatable bonds is 8. The van der Waals surface area contributed by atoms with Gasteiger partial charge in [-0.25, -0.2) is 4.79 Å². The summed E-state index contributed by atoms with van der Waals surface area (Å²) >= 11 is 0. The van der Waals surface area contributed by atoms with Gasteiger partial charge in [0.25, 0.3) is 0 Å². The highest BCUT2D eigenvalue weighted by Gasteiger charge is 2.16. The van der Waals surface area contributed by atoms with Crippen molar-refractivity contribution in [3.8, 4) is 17.2 Å². The molecular formula is C23H20O5. The lowest BCUT2D eigenvalue weighted by molar-refractivity contribution is 0.0728. The summed E-state index contributed by atoms with van der Waals surface area (Å²) in [5.41, 5.74) is 1.79. The first-order valence-electron chi connectivity index (χ1n) is 8.82. The number of carbonyl (C=O) groups is 2. The fourth-order valence-electron chi connectivity index (χ4n) is 2.67. The summed E-state index contributed by atoms with van der Waals surface area (Å²) in [5.74, 6) is 0.508. The summed E-state index contributed by atoms with van der Waals surface area (Å²) < 4.78 is 16.3. The summed E-state index contributed by atoms with van der Waals surface area (Å²) in [5, 5.41) is 0. The molecule has 5 nitrogen and oxygen atoms in total. The van der Waals surface area contributed by atoms with Crippen molar-refractivity contribution >= 4 is 12.3 Å². The molecule has 3 aromatic rings. The van der Waals surface area contributed by atoms with Crippen LogP contribution < -0.4 is 14.2 Å². The maximum absolute atomic E-state index is 12.4. The first-order chi connectivity index (χ1) is 13.7. The minimum atomic E-state index is -0.580. The monoisotopic (exact) mass is 376 g/mol. The van der Waals surface area contributed by atoms with Gasteiger partial charge >= 0.3 is 5.97 Å². The molecular weight excluding hydrogens is 356 g/mol. The van der Waals surface area contributed by atoms with Crippen LogP contribution in [0.1, 0.15) is 26.3 Å². The molecule has 0 N–H and O–H groups in total. The third-order valence-corrected chi connectivity index (χ3v) is 4.14. The van der Waals surface area contributed by atoms with Gasteiger partial charge in [-0.05, 0) is 42.0 Å². The molecule has 28 heavy (non-hydrogen) atoms. The summed E-state index contributed by atoms with van der Waals surface area (Å²) in [6.45, 7) is 0.539. The van der Waals surface area contributed by atoms with Crippen LogP contribution in [-0.2, 0) is 6.42 Å². The van der Waals surface area contributed by atoms with E-state index in [0.717, 1.165) is 6.42 Å². The summed E-state index contributed by atoms with van der Waals surface area (Å²) in [6.07, 6.45) is 1.42. The van der Waals surface area contributed by atoms with Crippen LogP contribution in [0.25, 0.3) is 0 Å². The zero-order valence-electron chi connectivity index (χ0n) is 15.5. The quantitative estimate of drug-likeness (QED) is 0.332. The Morgan fingerprint density at radius 3 is 2.36 bits per heavy atom. The van der Waals surface area contributed by atoms with Crippen LogP contribution in [0.2, 0.25) is 0 Å². The fourth-order valence-corrected chi connectivity index (χ4v) is 2.67. The normalized spacial score (nSPS) is 10.2. The van der Waals surface area contributed by atoms with E-state index in [4.69, 9.17) is 14.2 Å².